The Bertz CT molecular complexity index is 1590. The number of carbonyl (C=O) groups excluding carboxylic acids is 5. The van der Waals surface area contributed by atoms with Gasteiger partial charge >= 0.3 is 18.0 Å². The zero-order valence-corrected chi connectivity index (χ0v) is 29.6. The van der Waals surface area contributed by atoms with Crippen molar-refractivity contribution in [1.82, 2.24) is 20.5 Å². The van der Waals surface area contributed by atoms with Crippen LogP contribution in [0.25, 0.3) is 10.9 Å². The molecule has 0 saturated carbocycles. The second kappa shape index (κ2) is 17.2. The highest BCUT2D eigenvalue weighted by Gasteiger charge is 2.44. The van der Waals surface area contributed by atoms with Crippen LogP contribution in [-0.2, 0) is 28.6 Å². The van der Waals surface area contributed by atoms with Gasteiger partial charge in [-0.05, 0) is 65.0 Å². The number of benzene rings is 1. The molecule has 2 aliphatic heterocycles. The number of hydrogen-bond donors (Lipinski definition) is 2. The maximum atomic E-state index is 14.3. The van der Waals surface area contributed by atoms with Gasteiger partial charge in [-0.15, -0.1) is 0 Å². The Kier molecular flexibility index (Phi) is 13.0. The zero-order valence-electron chi connectivity index (χ0n) is 29.6. The first-order valence-electron chi connectivity index (χ1n) is 16.9. The summed E-state index contributed by atoms with van der Waals surface area (Å²) in [6.45, 7) is 5.16. The number of fused-ring (bicyclic) bond motifs is 2. The molecular weight excluding hydrogens is 648 g/mol. The van der Waals surface area contributed by atoms with E-state index in [2.05, 4.69) is 15.6 Å². The first-order chi connectivity index (χ1) is 23.8. The highest BCUT2D eigenvalue weighted by atomic mass is 16.6. The summed E-state index contributed by atoms with van der Waals surface area (Å²) in [5, 5.41) is 6.09. The molecule has 1 aromatic carbocycles. The van der Waals surface area contributed by atoms with E-state index in [1.807, 2.05) is 12.2 Å². The number of nitrogens with zero attached hydrogens (tertiary/aromatic N) is 2. The second-order valence-corrected chi connectivity index (χ2v) is 13.3. The molecule has 4 atom stereocenters. The Morgan fingerprint density at radius 1 is 0.960 bits per heavy atom. The lowest BCUT2D eigenvalue weighted by molar-refractivity contribution is -0.146. The van der Waals surface area contributed by atoms with E-state index in [9.17, 15) is 24.0 Å². The third-order valence-corrected chi connectivity index (χ3v) is 8.46. The van der Waals surface area contributed by atoms with Crippen LogP contribution in [-0.4, -0.2) is 97.4 Å². The van der Waals surface area contributed by atoms with Crippen molar-refractivity contribution in [3.63, 3.8) is 0 Å². The largest absolute Gasteiger partial charge is 0.497 e. The van der Waals surface area contributed by atoms with E-state index in [0.717, 1.165) is 19.3 Å². The maximum absolute atomic E-state index is 14.3. The lowest BCUT2D eigenvalue weighted by atomic mass is 10.0. The van der Waals surface area contributed by atoms with Crippen LogP contribution in [0.15, 0.2) is 36.4 Å². The summed E-state index contributed by atoms with van der Waals surface area (Å²) >= 11 is 0. The lowest BCUT2D eigenvalue weighted by Crippen LogP contribution is -2.55. The molecule has 0 aliphatic carbocycles. The van der Waals surface area contributed by atoms with Crippen LogP contribution in [0, 0.1) is 0 Å². The molecule has 1 aromatic heterocycles. The molecule has 50 heavy (non-hydrogen) atoms. The van der Waals surface area contributed by atoms with Gasteiger partial charge < -0.3 is 39.2 Å². The number of amides is 3. The third kappa shape index (κ3) is 10.1. The quantitative estimate of drug-likeness (QED) is 0.252. The summed E-state index contributed by atoms with van der Waals surface area (Å²) in [5.41, 5.74) is -0.385. The van der Waals surface area contributed by atoms with Gasteiger partial charge in [-0.25, -0.2) is 19.4 Å². The Morgan fingerprint density at radius 3 is 2.42 bits per heavy atom. The smallest absolute Gasteiger partial charge is 0.408 e. The number of esters is 2. The first-order valence-corrected chi connectivity index (χ1v) is 16.9. The number of nitrogens with one attached hydrogen (secondary N) is 2. The fourth-order valence-corrected chi connectivity index (χ4v) is 6.02. The molecule has 272 valence electrons. The third-order valence-electron chi connectivity index (χ3n) is 8.46. The second-order valence-electron chi connectivity index (χ2n) is 13.3. The van der Waals surface area contributed by atoms with Crippen LogP contribution < -0.4 is 20.1 Å². The maximum Gasteiger partial charge on any atom is 0.408 e. The van der Waals surface area contributed by atoms with Gasteiger partial charge in [0.15, 0.2) is 5.69 Å². The van der Waals surface area contributed by atoms with Gasteiger partial charge in [0.25, 0.3) is 0 Å². The Morgan fingerprint density at radius 2 is 1.72 bits per heavy atom. The topological polar surface area (TPSA) is 172 Å². The SMILES string of the molecule is COC(=O)c1cc(OC2C[C@H]3C(=O)N[C@H](C(=O)OC)CCC=CCCCCC[C@H](NC(=O)OC(C)(C)C)C(=O)N3C2)c2ccc(OC)cc2n1. The molecule has 0 bridgehead atoms. The molecule has 2 aromatic rings. The van der Waals surface area contributed by atoms with Crippen LogP contribution >= 0.6 is 0 Å². The van der Waals surface area contributed by atoms with E-state index in [1.54, 1.807) is 39.0 Å². The van der Waals surface area contributed by atoms with E-state index in [-0.39, 0.29) is 24.4 Å². The average molecular weight is 697 g/mol. The van der Waals surface area contributed by atoms with E-state index >= 15 is 0 Å². The van der Waals surface area contributed by atoms with Crippen molar-refractivity contribution in [2.24, 2.45) is 0 Å². The molecule has 0 spiro atoms. The summed E-state index contributed by atoms with van der Waals surface area (Å²) in [6.07, 6.45) is 6.92. The van der Waals surface area contributed by atoms with Crippen molar-refractivity contribution in [3.8, 4) is 11.5 Å². The standard InChI is InChI=1S/C36H48N4O10/c1-36(2,3)50-35(45)39-25-14-12-10-8-7-9-11-13-15-26(33(43)47-5)38-31(41)29-19-23(21-40(29)32(25)42)49-30-20-28(34(44)48-6)37-27-18-22(46-4)16-17-24(27)30/h9,11,16-18,20,23,25-26,29H,7-8,10,12-15,19,21H2,1-6H3,(H,38,41)(H,39,45)/t23?,25-,26-,29-/m0/s1. The number of hydrogen-bond acceptors (Lipinski definition) is 11. The summed E-state index contributed by atoms with van der Waals surface area (Å²) in [4.78, 5) is 72.2. The van der Waals surface area contributed by atoms with Crippen molar-refractivity contribution >= 4 is 40.7 Å². The molecule has 0 radical (unpaired) electrons. The number of pyridine rings is 1. The van der Waals surface area contributed by atoms with Crippen LogP contribution in [0.3, 0.4) is 0 Å². The molecule has 2 N–H and O–H groups in total. The highest BCUT2D eigenvalue weighted by Crippen LogP contribution is 2.32. The molecular formula is C36H48N4O10. The van der Waals surface area contributed by atoms with Gasteiger partial charge in [0.05, 0.1) is 33.4 Å². The van der Waals surface area contributed by atoms with E-state index in [0.29, 0.717) is 42.3 Å². The van der Waals surface area contributed by atoms with Crippen LogP contribution in [0.4, 0.5) is 4.79 Å². The van der Waals surface area contributed by atoms with Crippen LogP contribution in [0.2, 0.25) is 0 Å². The summed E-state index contributed by atoms with van der Waals surface area (Å²) in [6, 6.07) is 3.58. The Balaban J connectivity index is 1.71. The van der Waals surface area contributed by atoms with Gasteiger partial charge in [-0.3, -0.25) is 9.59 Å². The Labute approximate surface area is 292 Å². The molecule has 1 saturated heterocycles. The minimum Gasteiger partial charge on any atom is -0.497 e. The van der Waals surface area contributed by atoms with Crippen molar-refractivity contribution in [3.05, 3.63) is 42.1 Å². The number of allylic oxidation sites excluding steroid dienone is 2. The van der Waals surface area contributed by atoms with Crippen LogP contribution in [0.5, 0.6) is 11.5 Å². The molecule has 2 aliphatic rings. The van der Waals surface area contributed by atoms with Crippen molar-refractivity contribution in [2.45, 2.75) is 102 Å². The summed E-state index contributed by atoms with van der Waals surface area (Å²) in [5.74, 6) is -1.52. The average Bonchev–Trinajstić information content (AvgIpc) is 3.50. The molecule has 14 nitrogen and oxygen atoms in total. The van der Waals surface area contributed by atoms with E-state index in [1.165, 1.54) is 32.3 Å². The molecule has 3 amide bonds. The monoisotopic (exact) mass is 696 g/mol. The summed E-state index contributed by atoms with van der Waals surface area (Å²) < 4.78 is 27.2. The van der Waals surface area contributed by atoms with Crippen molar-refractivity contribution in [2.75, 3.05) is 27.9 Å². The fraction of sp³-hybridized carbons (Fsp3) is 0.556. The minimum atomic E-state index is -1.06. The first kappa shape index (κ1) is 37.9. The molecule has 14 heteroatoms. The van der Waals surface area contributed by atoms with Gasteiger partial charge in [0, 0.05) is 23.9 Å². The minimum absolute atomic E-state index is 0.00238. The molecule has 1 fully saturated rings. The molecule has 1 unspecified atom stereocenters. The van der Waals surface area contributed by atoms with Gasteiger partial charge in [0.2, 0.25) is 11.8 Å². The van der Waals surface area contributed by atoms with Gasteiger partial charge in [-0.2, -0.15) is 0 Å². The van der Waals surface area contributed by atoms with Crippen molar-refractivity contribution in [1.29, 1.82) is 0 Å². The van der Waals surface area contributed by atoms with Crippen LogP contribution in [0.1, 0.15) is 82.6 Å². The predicted octanol–water partition coefficient (Wildman–Crippen LogP) is 4.23. The number of methoxy groups -OCH3 is 3. The number of aromatic nitrogens is 1. The Hall–Kier alpha value is -4.88. The fourth-order valence-electron chi connectivity index (χ4n) is 6.02. The zero-order chi connectivity index (χ0) is 36.4. The number of rotatable bonds is 6. The normalized spacial score (nSPS) is 22.2. The number of alkyl carbamates (subject to hydrolysis) is 1. The number of ether oxygens (including phenoxy) is 5. The van der Waals surface area contributed by atoms with Gasteiger partial charge in [-0.1, -0.05) is 25.0 Å². The summed E-state index contributed by atoms with van der Waals surface area (Å²) in [7, 11) is 4.01. The van der Waals surface area contributed by atoms with E-state index in [4.69, 9.17) is 23.7 Å². The van der Waals surface area contributed by atoms with Gasteiger partial charge in [0.1, 0.15) is 41.3 Å². The molecule has 4 rings (SSSR count). The van der Waals surface area contributed by atoms with E-state index < -0.39 is 59.7 Å². The number of carbonyl (C=O) groups is 5. The predicted molar refractivity (Wildman–Crippen MR) is 183 cm³/mol. The molecule has 3 heterocycles. The lowest BCUT2D eigenvalue weighted by Gasteiger charge is -2.30. The highest BCUT2D eigenvalue weighted by molar-refractivity contribution is 5.95. The van der Waals surface area contributed by atoms with Crippen molar-refractivity contribution < 1.29 is 47.7 Å².